The standard InChI is InChI=1S/C21H20N2O3S/c1-15-13-18(14-16(2)21(15)24)7-6-17-8-10-19(11-9-17)27(25,26)23-20-5-3-4-12-22-20/h3-14,24H,1-2H3,(H,22,23). The fraction of sp³-hybridized carbons (Fsp3) is 0.0952. The lowest BCUT2D eigenvalue weighted by Gasteiger charge is -2.07. The van der Waals surface area contributed by atoms with Crippen LogP contribution in [-0.2, 0) is 10.0 Å². The summed E-state index contributed by atoms with van der Waals surface area (Å²) in [5.41, 5.74) is 3.47. The topological polar surface area (TPSA) is 79.3 Å². The average molecular weight is 380 g/mol. The predicted octanol–water partition coefficient (Wildman–Crippen LogP) is 4.38. The summed E-state index contributed by atoms with van der Waals surface area (Å²) in [7, 11) is -3.68. The molecule has 0 atom stereocenters. The van der Waals surface area contributed by atoms with Crippen molar-refractivity contribution in [1.82, 2.24) is 4.98 Å². The second kappa shape index (κ2) is 7.63. The highest BCUT2D eigenvalue weighted by Crippen LogP contribution is 2.24. The van der Waals surface area contributed by atoms with Gasteiger partial charge in [0, 0.05) is 6.20 Å². The van der Waals surface area contributed by atoms with Crippen molar-refractivity contribution in [3.63, 3.8) is 0 Å². The van der Waals surface area contributed by atoms with Gasteiger partial charge in [-0.25, -0.2) is 13.4 Å². The van der Waals surface area contributed by atoms with Crippen molar-refractivity contribution in [1.29, 1.82) is 0 Å². The number of aryl methyl sites for hydroxylation is 2. The molecule has 0 spiro atoms. The average Bonchev–Trinajstić information content (AvgIpc) is 2.65. The minimum Gasteiger partial charge on any atom is -0.507 e. The summed E-state index contributed by atoms with van der Waals surface area (Å²) >= 11 is 0. The highest BCUT2D eigenvalue weighted by Gasteiger charge is 2.14. The number of phenols is 1. The van der Waals surface area contributed by atoms with Crippen LogP contribution in [-0.4, -0.2) is 18.5 Å². The molecule has 2 N–H and O–H groups in total. The molecule has 0 fully saturated rings. The molecule has 6 heteroatoms. The van der Waals surface area contributed by atoms with Gasteiger partial charge in [-0.2, -0.15) is 0 Å². The summed E-state index contributed by atoms with van der Waals surface area (Å²) in [4.78, 5) is 4.14. The smallest absolute Gasteiger partial charge is 0.263 e. The molecule has 3 aromatic rings. The number of pyridine rings is 1. The maximum atomic E-state index is 12.4. The van der Waals surface area contributed by atoms with Crippen LogP contribution in [0.2, 0.25) is 0 Å². The van der Waals surface area contributed by atoms with Crippen LogP contribution in [0.5, 0.6) is 5.75 Å². The molecule has 27 heavy (non-hydrogen) atoms. The van der Waals surface area contributed by atoms with Gasteiger partial charge in [0.1, 0.15) is 11.6 Å². The zero-order valence-electron chi connectivity index (χ0n) is 15.0. The van der Waals surface area contributed by atoms with Gasteiger partial charge < -0.3 is 5.11 Å². The third-order valence-corrected chi connectivity index (χ3v) is 5.45. The van der Waals surface area contributed by atoms with E-state index in [1.165, 1.54) is 6.20 Å². The molecule has 1 heterocycles. The van der Waals surface area contributed by atoms with E-state index in [1.807, 2.05) is 38.1 Å². The van der Waals surface area contributed by atoms with E-state index >= 15 is 0 Å². The Kier molecular flexibility index (Phi) is 5.28. The Morgan fingerprint density at radius 1 is 0.926 bits per heavy atom. The minimum atomic E-state index is -3.68. The second-order valence-corrected chi connectivity index (χ2v) is 7.91. The van der Waals surface area contributed by atoms with Crippen LogP contribution in [0.25, 0.3) is 12.2 Å². The molecule has 0 radical (unpaired) electrons. The summed E-state index contributed by atoms with van der Waals surface area (Å²) in [6.07, 6.45) is 5.35. The van der Waals surface area contributed by atoms with Crippen molar-refractivity contribution in [2.24, 2.45) is 0 Å². The number of hydrogen-bond donors (Lipinski definition) is 2. The third kappa shape index (κ3) is 4.54. The highest BCUT2D eigenvalue weighted by atomic mass is 32.2. The van der Waals surface area contributed by atoms with Crippen LogP contribution in [0.3, 0.4) is 0 Å². The molecule has 0 aliphatic carbocycles. The van der Waals surface area contributed by atoms with Gasteiger partial charge in [-0.15, -0.1) is 0 Å². The normalized spacial score (nSPS) is 11.6. The molecule has 5 nitrogen and oxygen atoms in total. The number of phenolic OH excluding ortho intramolecular Hbond substituents is 1. The molecule has 0 aliphatic heterocycles. The Balaban J connectivity index is 1.77. The van der Waals surface area contributed by atoms with E-state index in [4.69, 9.17) is 0 Å². The molecule has 138 valence electrons. The Morgan fingerprint density at radius 3 is 2.15 bits per heavy atom. The van der Waals surface area contributed by atoms with E-state index in [9.17, 15) is 13.5 Å². The first-order valence-electron chi connectivity index (χ1n) is 8.37. The number of rotatable bonds is 5. The van der Waals surface area contributed by atoms with Crippen LogP contribution in [0.15, 0.2) is 65.7 Å². The number of sulfonamides is 1. The van der Waals surface area contributed by atoms with Crippen molar-refractivity contribution >= 4 is 28.0 Å². The molecular formula is C21H20N2O3S. The Labute approximate surface area is 159 Å². The monoisotopic (exact) mass is 380 g/mol. The largest absolute Gasteiger partial charge is 0.507 e. The SMILES string of the molecule is Cc1cc(C=Cc2ccc(S(=O)(=O)Nc3ccccn3)cc2)cc(C)c1O. The van der Waals surface area contributed by atoms with E-state index in [1.54, 1.807) is 42.5 Å². The van der Waals surface area contributed by atoms with Crippen LogP contribution < -0.4 is 4.72 Å². The molecule has 1 aromatic heterocycles. The first kappa shape index (κ1) is 18.7. The van der Waals surface area contributed by atoms with Gasteiger partial charge in [0.05, 0.1) is 4.90 Å². The van der Waals surface area contributed by atoms with Gasteiger partial charge >= 0.3 is 0 Å². The molecule has 0 amide bonds. The molecule has 0 saturated carbocycles. The van der Waals surface area contributed by atoms with E-state index < -0.39 is 10.0 Å². The number of nitrogens with zero attached hydrogens (tertiary/aromatic N) is 1. The maximum Gasteiger partial charge on any atom is 0.263 e. The number of anilines is 1. The number of hydrogen-bond acceptors (Lipinski definition) is 4. The van der Waals surface area contributed by atoms with Crippen molar-refractivity contribution in [2.45, 2.75) is 18.7 Å². The van der Waals surface area contributed by atoms with Gasteiger partial charge in [-0.1, -0.05) is 30.4 Å². The first-order chi connectivity index (χ1) is 12.8. The van der Waals surface area contributed by atoms with Gasteiger partial charge in [0.2, 0.25) is 0 Å². The third-order valence-electron chi connectivity index (χ3n) is 4.08. The maximum absolute atomic E-state index is 12.4. The second-order valence-electron chi connectivity index (χ2n) is 6.23. The molecule has 0 aliphatic rings. The van der Waals surface area contributed by atoms with Crippen molar-refractivity contribution in [3.05, 3.63) is 83.0 Å². The zero-order valence-corrected chi connectivity index (χ0v) is 15.9. The summed E-state index contributed by atoms with van der Waals surface area (Å²) < 4.78 is 27.3. The van der Waals surface area contributed by atoms with Crippen LogP contribution >= 0.6 is 0 Å². The van der Waals surface area contributed by atoms with Crippen LogP contribution in [0.1, 0.15) is 22.3 Å². The number of aromatic hydroxyl groups is 1. The quantitative estimate of drug-likeness (QED) is 0.644. The summed E-state index contributed by atoms with van der Waals surface area (Å²) in [5, 5.41) is 9.84. The highest BCUT2D eigenvalue weighted by molar-refractivity contribution is 7.92. The number of benzene rings is 2. The molecular weight excluding hydrogens is 360 g/mol. The number of aromatic nitrogens is 1. The van der Waals surface area contributed by atoms with Crippen molar-refractivity contribution in [2.75, 3.05) is 4.72 Å². The molecule has 3 rings (SSSR count). The van der Waals surface area contributed by atoms with E-state index in [0.29, 0.717) is 5.75 Å². The van der Waals surface area contributed by atoms with E-state index in [-0.39, 0.29) is 10.7 Å². The van der Waals surface area contributed by atoms with Gasteiger partial charge in [0.15, 0.2) is 0 Å². The van der Waals surface area contributed by atoms with Gasteiger partial charge in [-0.05, 0) is 72.5 Å². The van der Waals surface area contributed by atoms with Crippen LogP contribution in [0, 0.1) is 13.8 Å². The fourth-order valence-corrected chi connectivity index (χ4v) is 3.66. The Bertz CT molecular complexity index is 1050. The lowest BCUT2D eigenvalue weighted by Crippen LogP contribution is -2.13. The van der Waals surface area contributed by atoms with E-state index in [2.05, 4.69) is 9.71 Å². The van der Waals surface area contributed by atoms with Crippen LogP contribution in [0.4, 0.5) is 5.82 Å². The van der Waals surface area contributed by atoms with Gasteiger partial charge in [-0.3, -0.25) is 4.72 Å². The Hall–Kier alpha value is -3.12. The van der Waals surface area contributed by atoms with Gasteiger partial charge in [0.25, 0.3) is 10.0 Å². The molecule has 0 saturated heterocycles. The molecule has 2 aromatic carbocycles. The molecule has 0 unspecified atom stereocenters. The lowest BCUT2D eigenvalue weighted by molar-refractivity contribution is 0.467. The predicted molar refractivity (Wildman–Crippen MR) is 108 cm³/mol. The lowest BCUT2D eigenvalue weighted by atomic mass is 10.0. The summed E-state index contributed by atoms with van der Waals surface area (Å²) in [6.45, 7) is 3.71. The summed E-state index contributed by atoms with van der Waals surface area (Å²) in [6, 6.07) is 15.4. The van der Waals surface area contributed by atoms with E-state index in [0.717, 1.165) is 22.3 Å². The van der Waals surface area contributed by atoms with Crippen molar-refractivity contribution in [3.8, 4) is 5.75 Å². The number of nitrogens with one attached hydrogen (secondary N) is 1. The Morgan fingerprint density at radius 2 is 1.56 bits per heavy atom. The minimum absolute atomic E-state index is 0.168. The zero-order chi connectivity index (χ0) is 19.4. The van der Waals surface area contributed by atoms with Crippen molar-refractivity contribution < 1.29 is 13.5 Å². The first-order valence-corrected chi connectivity index (χ1v) is 9.86. The summed E-state index contributed by atoms with van der Waals surface area (Å²) in [5.74, 6) is 0.585. The fourth-order valence-electron chi connectivity index (χ4n) is 2.66. The molecule has 0 bridgehead atoms.